The maximum absolute atomic E-state index is 12.0. The van der Waals surface area contributed by atoms with Gasteiger partial charge in [-0.15, -0.1) is 5.10 Å². The van der Waals surface area contributed by atoms with Crippen molar-refractivity contribution in [3.63, 3.8) is 0 Å². The number of amides is 1. The van der Waals surface area contributed by atoms with Gasteiger partial charge in [-0.3, -0.25) is 15.2 Å². The molecule has 24 heavy (non-hydrogen) atoms. The average molecular weight is 315 g/mol. The lowest BCUT2D eigenvalue weighted by Crippen LogP contribution is -2.09. The first-order valence-corrected chi connectivity index (χ1v) is 7.22. The van der Waals surface area contributed by atoms with E-state index in [2.05, 4.69) is 26.6 Å². The molecule has 0 atom stereocenters. The van der Waals surface area contributed by atoms with Gasteiger partial charge in [0.1, 0.15) is 0 Å². The average Bonchev–Trinajstić information content (AvgIpc) is 3.09. The van der Waals surface area contributed by atoms with Gasteiger partial charge in [-0.2, -0.15) is 10.2 Å². The zero-order valence-corrected chi connectivity index (χ0v) is 12.6. The Labute approximate surface area is 138 Å². The summed E-state index contributed by atoms with van der Waals surface area (Å²) in [6, 6.07) is 18.6. The molecule has 0 bridgehead atoms. The fourth-order valence-corrected chi connectivity index (χ4v) is 2.10. The Morgan fingerprint density at radius 1 is 1.12 bits per heavy atom. The van der Waals surface area contributed by atoms with Gasteiger partial charge < -0.3 is 0 Å². The van der Waals surface area contributed by atoms with E-state index in [1.165, 1.54) is 6.08 Å². The quantitative estimate of drug-likeness (QED) is 0.724. The fourth-order valence-electron chi connectivity index (χ4n) is 2.10. The number of benzene rings is 2. The molecule has 0 aliphatic carbocycles. The summed E-state index contributed by atoms with van der Waals surface area (Å²) in [5, 5.41) is 18.3. The standard InChI is InChI=1S/C18H13N5O/c19-12-15-9-5-4-6-13(15)10-11-16(24)20-18-21-17(22-23-18)14-7-2-1-3-8-14/h1-11H,(H2,20,21,22,23,24). The van der Waals surface area contributed by atoms with E-state index >= 15 is 0 Å². The first-order chi connectivity index (χ1) is 11.8. The third-order valence-corrected chi connectivity index (χ3v) is 3.26. The molecule has 0 aliphatic heterocycles. The van der Waals surface area contributed by atoms with Gasteiger partial charge >= 0.3 is 0 Å². The summed E-state index contributed by atoms with van der Waals surface area (Å²) < 4.78 is 0. The topological polar surface area (TPSA) is 94.5 Å². The minimum Gasteiger partial charge on any atom is -0.290 e. The third-order valence-electron chi connectivity index (χ3n) is 3.26. The van der Waals surface area contributed by atoms with Gasteiger partial charge in [0.05, 0.1) is 11.6 Å². The summed E-state index contributed by atoms with van der Waals surface area (Å²) >= 11 is 0. The first-order valence-electron chi connectivity index (χ1n) is 7.22. The van der Waals surface area contributed by atoms with Gasteiger partial charge in [0, 0.05) is 11.6 Å². The summed E-state index contributed by atoms with van der Waals surface area (Å²) in [6.07, 6.45) is 2.92. The second-order valence-electron chi connectivity index (χ2n) is 4.90. The van der Waals surface area contributed by atoms with E-state index in [0.29, 0.717) is 17.0 Å². The van der Waals surface area contributed by atoms with E-state index in [1.54, 1.807) is 30.3 Å². The van der Waals surface area contributed by atoms with E-state index in [0.717, 1.165) is 5.56 Å². The number of nitriles is 1. The normalized spacial score (nSPS) is 10.5. The van der Waals surface area contributed by atoms with Crippen LogP contribution in [-0.4, -0.2) is 21.1 Å². The molecule has 3 aromatic rings. The number of anilines is 1. The Morgan fingerprint density at radius 3 is 2.67 bits per heavy atom. The summed E-state index contributed by atoms with van der Waals surface area (Å²) in [5.41, 5.74) is 2.06. The van der Waals surface area contributed by atoms with Gasteiger partial charge in [-0.25, -0.2) is 0 Å². The largest absolute Gasteiger partial charge is 0.290 e. The summed E-state index contributed by atoms with van der Waals surface area (Å²) in [7, 11) is 0. The molecule has 2 aromatic carbocycles. The van der Waals surface area contributed by atoms with Crippen LogP contribution in [0.3, 0.4) is 0 Å². The predicted molar refractivity (Wildman–Crippen MR) is 90.6 cm³/mol. The Kier molecular flexibility index (Phi) is 4.45. The van der Waals surface area contributed by atoms with Crippen molar-refractivity contribution in [3.05, 3.63) is 71.8 Å². The van der Waals surface area contributed by atoms with Crippen molar-refractivity contribution in [2.75, 3.05) is 5.32 Å². The highest BCUT2D eigenvalue weighted by Crippen LogP contribution is 2.15. The number of hydrogen-bond donors (Lipinski definition) is 2. The lowest BCUT2D eigenvalue weighted by Gasteiger charge is -1.97. The second kappa shape index (κ2) is 7.03. The van der Waals surface area contributed by atoms with Crippen molar-refractivity contribution >= 4 is 17.9 Å². The molecule has 116 valence electrons. The van der Waals surface area contributed by atoms with Crippen LogP contribution >= 0.6 is 0 Å². The Hall–Kier alpha value is -3.72. The van der Waals surface area contributed by atoms with Crippen LogP contribution < -0.4 is 5.32 Å². The SMILES string of the molecule is N#Cc1ccccc1C=CC(=O)Nc1n[nH]c(-c2ccccc2)n1. The van der Waals surface area contributed by atoms with Crippen molar-refractivity contribution in [1.29, 1.82) is 5.26 Å². The monoisotopic (exact) mass is 315 g/mol. The van der Waals surface area contributed by atoms with Crippen molar-refractivity contribution in [2.24, 2.45) is 0 Å². The lowest BCUT2D eigenvalue weighted by atomic mass is 10.1. The molecule has 0 aliphatic rings. The van der Waals surface area contributed by atoms with Crippen LogP contribution in [0.1, 0.15) is 11.1 Å². The number of H-pyrrole nitrogens is 1. The first kappa shape index (κ1) is 15.2. The molecule has 0 fully saturated rings. The highest BCUT2D eigenvalue weighted by Gasteiger charge is 2.07. The molecule has 1 aromatic heterocycles. The Morgan fingerprint density at radius 2 is 1.88 bits per heavy atom. The molecule has 0 spiro atoms. The van der Waals surface area contributed by atoms with E-state index < -0.39 is 0 Å². The zero-order chi connectivity index (χ0) is 16.8. The molecular weight excluding hydrogens is 302 g/mol. The van der Waals surface area contributed by atoms with E-state index in [4.69, 9.17) is 5.26 Å². The molecule has 0 unspecified atom stereocenters. The fraction of sp³-hybridized carbons (Fsp3) is 0. The van der Waals surface area contributed by atoms with Crippen molar-refractivity contribution in [3.8, 4) is 17.5 Å². The number of rotatable bonds is 4. The predicted octanol–water partition coefficient (Wildman–Crippen LogP) is 3.00. The molecule has 1 amide bonds. The van der Waals surface area contributed by atoms with Gasteiger partial charge in [0.2, 0.25) is 5.95 Å². The number of carbonyl (C=O) groups is 1. The summed E-state index contributed by atoms with van der Waals surface area (Å²) in [4.78, 5) is 16.2. The molecular formula is C18H13N5O. The van der Waals surface area contributed by atoms with Crippen LogP contribution in [0.5, 0.6) is 0 Å². The van der Waals surface area contributed by atoms with Crippen LogP contribution in [0.25, 0.3) is 17.5 Å². The Bertz CT molecular complexity index is 922. The number of hydrogen-bond acceptors (Lipinski definition) is 4. The number of aromatic amines is 1. The van der Waals surface area contributed by atoms with Crippen LogP contribution in [0.15, 0.2) is 60.7 Å². The number of aromatic nitrogens is 3. The maximum atomic E-state index is 12.0. The summed E-state index contributed by atoms with van der Waals surface area (Å²) in [5.74, 6) is 0.392. The van der Waals surface area contributed by atoms with Crippen LogP contribution in [-0.2, 0) is 4.79 Å². The van der Waals surface area contributed by atoms with Crippen LogP contribution in [0.4, 0.5) is 5.95 Å². The minimum atomic E-state index is -0.374. The van der Waals surface area contributed by atoms with Crippen LogP contribution in [0, 0.1) is 11.3 Å². The highest BCUT2D eigenvalue weighted by molar-refractivity contribution is 6.01. The summed E-state index contributed by atoms with van der Waals surface area (Å²) in [6.45, 7) is 0. The highest BCUT2D eigenvalue weighted by atomic mass is 16.1. The molecule has 0 saturated heterocycles. The molecule has 2 N–H and O–H groups in total. The zero-order valence-electron chi connectivity index (χ0n) is 12.6. The molecule has 0 radical (unpaired) electrons. The van der Waals surface area contributed by atoms with Gasteiger partial charge in [0.25, 0.3) is 5.91 Å². The maximum Gasteiger partial charge on any atom is 0.250 e. The number of nitrogens with zero attached hydrogens (tertiary/aromatic N) is 3. The Balaban J connectivity index is 1.69. The number of nitrogens with one attached hydrogen (secondary N) is 2. The van der Waals surface area contributed by atoms with E-state index in [9.17, 15) is 4.79 Å². The molecule has 0 saturated carbocycles. The minimum absolute atomic E-state index is 0.192. The van der Waals surface area contributed by atoms with Crippen molar-refractivity contribution < 1.29 is 4.79 Å². The number of carbonyl (C=O) groups excluding carboxylic acids is 1. The molecule has 3 rings (SSSR count). The van der Waals surface area contributed by atoms with Crippen molar-refractivity contribution in [2.45, 2.75) is 0 Å². The third kappa shape index (κ3) is 3.54. The van der Waals surface area contributed by atoms with Gasteiger partial charge in [-0.1, -0.05) is 48.5 Å². The second-order valence-corrected chi connectivity index (χ2v) is 4.90. The van der Waals surface area contributed by atoms with Gasteiger partial charge in [-0.05, 0) is 17.7 Å². The molecule has 6 nitrogen and oxygen atoms in total. The van der Waals surface area contributed by atoms with Crippen LogP contribution in [0.2, 0.25) is 0 Å². The van der Waals surface area contributed by atoms with E-state index in [1.807, 2.05) is 30.3 Å². The smallest absolute Gasteiger partial charge is 0.250 e. The van der Waals surface area contributed by atoms with Gasteiger partial charge in [0.15, 0.2) is 5.82 Å². The molecule has 1 heterocycles. The molecule has 6 heteroatoms. The lowest BCUT2D eigenvalue weighted by molar-refractivity contribution is -0.111. The van der Waals surface area contributed by atoms with Crippen molar-refractivity contribution in [1.82, 2.24) is 15.2 Å². The van der Waals surface area contributed by atoms with E-state index in [-0.39, 0.29) is 11.9 Å².